The molecule has 1 saturated heterocycles. The van der Waals surface area contributed by atoms with E-state index < -0.39 is 0 Å². The highest BCUT2D eigenvalue weighted by Gasteiger charge is 2.31. The monoisotopic (exact) mass is 265 g/mol. The second kappa shape index (κ2) is 6.50. The summed E-state index contributed by atoms with van der Waals surface area (Å²) in [5.41, 5.74) is 7.23. The fourth-order valence-corrected chi connectivity index (χ4v) is 3.23. The summed E-state index contributed by atoms with van der Waals surface area (Å²) in [7, 11) is 2.04. The summed E-state index contributed by atoms with van der Waals surface area (Å²) in [6, 6.07) is 0.977. The van der Waals surface area contributed by atoms with Crippen molar-refractivity contribution in [3.05, 3.63) is 18.2 Å². The van der Waals surface area contributed by atoms with Gasteiger partial charge in [0.2, 0.25) is 0 Å². The quantitative estimate of drug-likeness (QED) is 0.828. The lowest BCUT2D eigenvalue weighted by atomic mass is 10.2. The first-order valence-electron chi connectivity index (χ1n) is 7.35. The second-order valence-electron chi connectivity index (χ2n) is 5.34. The SMILES string of the molecule is CCN(CC)C1CCN(C(CN)c2cncn2C)C1. The van der Waals surface area contributed by atoms with Crippen LogP contribution >= 0.6 is 0 Å². The van der Waals surface area contributed by atoms with Gasteiger partial charge in [0.25, 0.3) is 0 Å². The van der Waals surface area contributed by atoms with Crippen LogP contribution in [0.4, 0.5) is 0 Å². The smallest absolute Gasteiger partial charge is 0.0946 e. The van der Waals surface area contributed by atoms with Gasteiger partial charge in [0.05, 0.1) is 18.1 Å². The van der Waals surface area contributed by atoms with Gasteiger partial charge in [0.1, 0.15) is 0 Å². The Morgan fingerprint density at radius 3 is 2.74 bits per heavy atom. The average molecular weight is 265 g/mol. The predicted molar refractivity (Wildman–Crippen MR) is 77.9 cm³/mol. The van der Waals surface area contributed by atoms with Crippen molar-refractivity contribution in [2.24, 2.45) is 12.8 Å². The van der Waals surface area contributed by atoms with Crippen molar-refractivity contribution >= 4 is 0 Å². The van der Waals surface area contributed by atoms with E-state index in [4.69, 9.17) is 5.73 Å². The number of likely N-dealkylation sites (N-methyl/N-ethyl adjacent to an activating group) is 1. The van der Waals surface area contributed by atoms with Gasteiger partial charge in [-0.1, -0.05) is 13.8 Å². The first-order valence-corrected chi connectivity index (χ1v) is 7.35. The van der Waals surface area contributed by atoms with E-state index in [1.54, 1.807) is 0 Å². The molecule has 1 aromatic rings. The van der Waals surface area contributed by atoms with Gasteiger partial charge in [-0.05, 0) is 19.5 Å². The third kappa shape index (κ3) is 2.99. The predicted octanol–water partition coefficient (Wildman–Crippen LogP) is 0.836. The van der Waals surface area contributed by atoms with Crippen molar-refractivity contribution in [1.82, 2.24) is 19.4 Å². The summed E-state index contributed by atoms with van der Waals surface area (Å²) in [5, 5.41) is 0. The van der Waals surface area contributed by atoms with Crippen LogP contribution < -0.4 is 5.73 Å². The maximum Gasteiger partial charge on any atom is 0.0946 e. The van der Waals surface area contributed by atoms with Gasteiger partial charge >= 0.3 is 0 Å². The van der Waals surface area contributed by atoms with Crippen LogP contribution in [-0.4, -0.2) is 58.1 Å². The summed E-state index contributed by atoms with van der Waals surface area (Å²) in [4.78, 5) is 9.29. The molecule has 0 aliphatic carbocycles. The Labute approximate surface area is 116 Å². The molecule has 108 valence electrons. The molecule has 0 bridgehead atoms. The maximum atomic E-state index is 6.00. The van der Waals surface area contributed by atoms with Gasteiger partial charge in [-0.3, -0.25) is 9.80 Å². The van der Waals surface area contributed by atoms with Crippen LogP contribution in [0.3, 0.4) is 0 Å². The Morgan fingerprint density at radius 1 is 1.47 bits per heavy atom. The molecule has 2 unspecified atom stereocenters. The summed E-state index contributed by atoms with van der Waals surface area (Å²) < 4.78 is 2.09. The molecule has 0 spiro atoms. The molecule has 1 aromatic heterocycles. The zero-order valence-electron chi connectivity index (χ0n) is 12.4. The number of imidazole rings is 1. The lowest BCUT2D eigenvalue weighted by Gasteiger charge is -2.29. The number of nitrogens with zero attached hydrogens (tertiary/aromatic N) is 4. The summed E-state index contributed by atoms with van der Waals surface area (Å²) >= 11 is 0. The largest absolute Gasteiger partial charge is 0.336 e. The lowest BCUT2D eigenvalue weighted by Crippen LogP contribution is -2.39. The van der Waals surface area contributed by atoms with Gasteiger partial charge in [0.15, 0.2) is 0 Å². The minimum atomic E-state index is 0.299. The molecule has 0 amide bonds. The van der Waals surface area contributed by atoms with E-state index in [9.17, 15) is 0 Å². The van der Waals surface area contributed by atoms with Crippen LogP contribution in [0, 0.1) is 0 Å². The second-order valence-corrected chi connectivity index (χ2v) is 5.34. The molecule has 2 rings (SSSR count). The van der Waals surface area contributed by atoms with Crippen LogP contribution in [0.25, 0.3) is 0 Å². The zero-order chi connectivity index (χ0) is 13.8. The topological polar surface area (TPSA) is 50.3 Å². The molecule has 5 nitrogen and oxygen atoms in total. The van der Waals surface area contributed by atoms with Crippen molar-refractivity contribution < 1.29 is 0 Å². The van der Waals surface area contributed by atoms with Crippen molar-refractivity contribution in [2.75, 3.05) is 32.7 Å². The maximum absolute atomic E-state index is 6.00. The molecule has 0 saturated carbocycles. The lowest BCUT2D eigenvalue weighted by molar-refractivity contribution is 0.187. The highest BCUT2D eigenvalue weighted by molar-refractivity contribution is 5.07. The van der Waals surface area contributed by atoms with E-state index in [0.29, 0.717) is 18.6 Å². The van der Waals surface area contributed by atoms with E-state index in [2.05, 4.69) is 33.2 Å². The number of aryl methyl sites for hydroxylation is 1. The van der Waals surface area contributed by atoms with Gasteiger partial charge in [0, 0.05) is 38.9 Å². The molecule has 0 aromatic carbocycles. The Morgan fingerprint density at radius 2 is 2.21 bits per heavy atom. The number of nitrogens with two attached hydrogens (primary N) is 1. The first kappa shape index (κ1) is 14.5. The molecular formula is C14H27N5. The molecule has 2 atom stereocenters. The molecule has 2 N–H and O–H groups in total. The Balaban J connectivity index is 2.04. The molecular weight excluding hydrogens is 238 g/mol. The first-order chi connectivity index (χ1) is 9.21. The summed E-state index contributed by atoms with van der Waals surface area (Å²) in [6.07, 6.45) is 5.05. The van der Waals surface area contributed by atoms with Gasteiger partial charge < -0.3 is 10.3 Å². The average Bonchev–Trinajstić information content (AvgIpc) is 3.03. The van der Waals surface area contributed by atoms with Crippen LogP contribution in [0.5, 0.6) is 0 Å². The molecule has 0 radical (unpaired) electrons. The third-order valence-corrected chi connectivity index (χ3v) is 4.38. The van der Waals surface area contributed by atoms with E-state index in [1.165, 1.54) is 12.1 Å². The highest BCUT2D eigenvalue weighted by atomic mass is 15.3. The fraction of sp³-hybridized carbons (Fsp3) is 0.786. The molecule has 2 heterocycles. The van der Waals surface area contributed by atoms with Crippen molar-refractivity contribution in [3.63, 3.8) is 0 Å². The zero-order valence-corrected chi connectivity index (χ0v) is 12.4. The van der Waals surface area contributed by atoms with Crippen LogP contribution in [0.2, 0.25) is 0 Å². The van der Waals surface area contributed by atoms with E-state index in [-0.39, 0.29) is 0 Å². The molecule has 1 aliphatic rings. The fourth-order valence-electron chi connectivity index (χ4n) is 3.23. The number of hydrogen-bond acceptors (Lipinski definition) is 4. The normalized spacial score (nSPS) is 22.3. The molecule has 1 fully saturated rings. The Hall–Kier alpha value is -0.910. The number of hydrogen-bond donors (Lipinski definition) is 1. The summed E-state index contributed by atoms with van der Waals surface area (Å²) in [6.45, 7) is 9.66. The molecule has 5 heteroatoms. The van der Waals surface area contributed by atoms with E-state index >= 15 is 0 Å². The molecule has 1 aliphatic heterocycles. The van der Waals surface area contributed by atoms with Gasteiger partial charge in [-0.15, -0.1) is 0 Å². The Bertz CT molecular complexity index is 385. The standard InChI is InChI=1S/C14H27N5/c1-4-18(5-2)12-6-7-19(10-12)13(8-15)14-9-16-11-17(14)3/h9,11-13H,4-8,10,15H2,1-3H3. The van der Waals surface area contributed by atoms with Gasteiger partial charge in [-0.25, -0.2) is 4.98 Å². The number of rotatable bonds is 6. The highest BCUT2D eigenvalue weighted by Crippen LogP contribution is 2.25. The van der Waals surface area contributed by atoms with Crippen molar-refractivity contribution in [3.8, 4) is 0 Å². The van der Waals surface area contributed by atoms with Crippen LogP contribution in [-0.2, 0) is 7.05 Å². The number of likely N-dealkylation sites (tertiary alicyclic amines) is 1. The van der Waals surface area contributed by atoms with Gasteiger partial charge in [-0.2, -0.15) is 0 Å². The minimum Gasteiger partial charge on any atom is -0.336 e. The number of aromatic nitrogens is 2. The minimum absolute atomic E-state index is 0.299. The Kier molecular flexibility index (Phi) is 4.96. The van der Waals surface area contributed by atoms with Crippen molar-refractivity contribution in [1.29, 1.82) is 0 Å². The van der Waals surface area contributed by atoms with Crippen molar-refractivity contribution in [2.45, 2.75) is 32.4 Å². The van der Waals surface area contributed by atoms with Crippen LogP contribution in [0.15, 0.2) is 12.5 Å². The van der Waals surface area contributed by atoms with E-state index in [0.717, 1.165) is 26.2 Å². The third-order valence-electron chi connectivity index (χ3n) is 4.38. The summed E-state index contributed by atoms with van der Waals surface area (Å²) in [5.74, 6) is 0. The van der Waals surface area contributed by atoms with Crippen LogP contribution in [0.1, 0.15) is 32.0 Å². The van der Waals surface area contributed by atoms with E-state index in [1.807, 2.05) is 19.6 Å². The molecule has 19 heavy (non-hydrogen) atoms.